The molecule has 3 aromatic rings. The van der Waals surface area contributed by atoms with Crippen molar-refractivity contribution in [1.29, 1.82) is 0 Å². The average Bonchev–Trinajstić information content (AvgIpc) is 2.88. The Bertz CT molecular complexity index is 1240. The molecule has 2 amide bonds. The molecule has 0 spiro atoms. The normalized spacial score (nSPS) is 11.8. The topological polar surface area (TPSA) is 169 Å². The van der Waals surface area contributed by atoms with E-state index in [-0.39, 0.29) is 17.8 Å². The van der Waals surface area contributed by atoms with E-state index in [0.717, 1.165) is 5.56 Å². The van der Waals surface area contributed by atoms with Crippen LogP contribution in [0, 0.1) is 26.1 Å². The SMILES string of the molecule is O=C(NN=Cc1cccc([N+](=O)[O-])c1)C(Cc1ccccc1)C(=O)NN=Cc1cccc([N+](=O)[O-])c1. The summed E-state index contributed by atoms with van der Waals surface area (Å²) in [5.41, 5.74) is 5.79. The summed E-state index contributed by atoms with van der Waals surface area (Å²) in [5.74, 6) is -2.65. The summed E-state index contributed by atoms with van der Waals surface area (Å²) in [4.78, 5) is 46.3. The predicted molar refractivity (Wildman–Crippen MR) is 131 cm³/mol. The van der Waals surface area contributed by atoms with Gasteiger partial charge in [-0.2, -0.15) is 10.2 Å². The molecular formula is C24H20N6O6. The summed E-state index contributed by atoms with van der Waals surface area (Å²) in [5, 5.41) is 29.4. The maximum Gasteiger partial charge on any atom is 0.270 e. The van der Waals surface area contributed by atoms with Crippen LogP contribution in [0.1, 0.15) is 16.7 Å². The monoisotopic (exact) mass is 488 g/mol. The molecular weight excluding hydrogens is 468 g/mol. The number of rotatable bonds is 10. The van der Waals surface area contributed by atoms with Crippen LogP contribution in [0.5, 0.6) is 0 Å². The lowest BCUT2D eigenvalue weighted by Gasteiger charge is -2.13. The van der Waals surface area contributed by atoms with Crippen molar-refractivity contribution in [2.24, 2.45) is 16.1 Å². The number of hydrazone groups is 2. The minimum absolute atomic E-state index is 0.0527. The first-order chi connectivity index (χ1) is 17.3. The van der Waals surface area contributed by atoms with Crippen LogP contribution in [0.2, 0.25) is 0 Å². The zero-order valence-corrected chi connectivity index (χ0v) is 18.7. The summed E-state index contributed by atoms with van der Waals surface area (Å²) >= 11 is 0. The Kier molecular flexibility index (Phi) is 8.65. The number of hydrogen-bond donors (Lipinski definition) is 2. The fourth-order valence-electron chi connectivity index (χ4n) is 3.09. The zero-order chi connectivity index (χ0) is 25.9. The molecule has 0 radical (unpaired) electrons. The first-order valence-corrected chi connectivity index (χ1v) is 10.5. The number of carbonyl (C=O) groups is 2. The second kappa shape index (κ2) is 12.3. The van der Waals surface area contributed by atoms with Gasteiger partial charge in [-0.15, -0.1) is 0 Å². The Labute approximate surface area is 204 Å². The van der Waals surface area contributed by atoms with Crippen molar-refractivity contribution in [3.05, 3.63) is 116 Å². The van der Waals surface area contributed by atoms with E-state index in [1.54, 1.807) is 42.5 Å². The molecule has 0 atom stereocenters. The van der Waals surface area contributed by atoms with Gasteiger partial charge in [0.2, 0.25) is 0 Å². The Balaban J connectivity index is 1.71. The Hall–Kier alpha value is -5.26. The first-order valence-electron chi connectivity index (χ1n) is 10.5. The Morgan fingerprint density at radius 3 is 1.67 bits per heavy atom. The third-order valence-corrected chi connectivity index (χ3v) is 4.85. The van der Waals surface area contributed by atoms with Crippen molar-refractivity contribution in [2.75, 3.05) is 0 Å². The molecule has 0 saturated heterocycles. The number of non-ortho nitro benzene ring substituents is 2. The lowest BCUT2D eigenvalue weighted by atomic mass is 9.98. The molecule has 0 aliphatic rings. The van der Waals surface area contributed by atoms with E-state index >= 15 is 0 Å². The van der Waals surface area contributed by atoms with Gasteiger partial charge in [0.1, 0.15) is 5.92 Å². The molecule has 0 bridgehead atoms. The molecule has 2 N–H and O–H groups in total. The zero-order valence-electron chi connectivity index (χ0n) is 18.7. The van der Waals surface area contributed by atoms with Gasteiger partial charge in [-0.3, -0.25) is 29.8 Å². The molecule has 3 aromatic carbocycles. The highest BCUT2D eigenvalue weighted by molar-refractivity contribution is 6.01. The van der Waals surface area contributed by atoms with Gasteiger partial charge in [0.25, 0.3) is 23.2 Å². The number of nitro benzene ring substituents is 2. The van der Waals surface area contributed by atoms with Gasteiger partial charge < -0.3 is 0 Å². The van der Waals surface area contributed by atoms with Crippen LogP contribution < -0.4 is 10.9 Å². The van der Waals surface area contributed by atoms with Gasteiger partial charge in [0.05, 0.1) is 22.3 Å². The molecule has 0 saturated carbocycles. The maximum absolute atomic E-state index is 12.8. The van der Waals surface area contributed by atoms with Crippen molar-refractivity contribution in [2.45, 2.75) is 6.42 Å². The molecule has 0 aliphatic heterocycles. The highest BCUT2D eigenvalue weighted by Crippen LogP contribution is 2.13. The number of nitro groups is 2. The molecule has 12 nitrogen and oxygen atoms in total. The van der Waals surface area contributed by atoms with E-state index in [4.69, 9.17) is 0 Å². The fraction of sp³-hybridized carbons (Fsp3) is 0.0833. The van der Waals surface area contributed by atoms with E-state index in [2.05, 4.69) is 21.1 Å². The Morgan fingerprint density at radius 1 is 0.750 bits per heavy atom. The van der Waals surface area contributed by atoms with Gasteiger partial charge in [-0.1, -0.05) is 54.6 Å². The summed E-state index contributed by atoms with van der Waals surface area (Å²) in [6.45, 7) is 0. The van der Waals surface area contributed by atoms with E-state index in [1.807, 2.05) is 0 Å². The van der Waals surface area contributed by atoms with Gasteiger partial charge in [-0.05, 0) is 12.0 Å². The van der Waals surface area contributed by atoms with Crippen LogP contribution in [0.25, 0.3) is 0 Å². The van der Waals surface area contributed by atoms with Crippen molar-refractivity contribution in [3.63, 3.8) is 0 Å². The molecule has 0 aromatic heterocycles. The van der Waals surface area contributed by atoms with Crippen LogP contribution in [-0.4, -0.2) is 34.1 Å². The quantitative estimate of drug-likeness (QED) is 0.192. The van der Waals surface area contributed by atoms with Gasteiger partial charge in [-0.25, -0.2) is 10.9 Å². The van der Waals surface area contributed by atoms with E-state index in [0.29, 0.717) is 11.1 Å². The lowest BCUT2D eigenvalue weighted by Crippen LogP contribution is -2.39. The standard InChI is InChI=1S/C24H20N6O6/c31-23(27-25-15-18-8-4-10-20(12-18)29(33)34)22(14-17-6-2-1-3-7-17)24(32)28-26-16-19-9-5-11-21(13-19)30(35)36/h1-13,15-16,22H,14H2,(H,27,31)(H,28,32). The van der Waals surface area contributed by atoms with E-state index in [1.165, 1.54) is 48.8 Å². The molecule has 0 unspecified atom stereocenters. The van der Waals surface area contributed by atoms with Gasteiger partial charge in [0.15, 0.2) is 0 Å². The van der Waals surface area contributed by atoms with Crippen molar-refractivity contribution in [1.82, 2.24) is 10.9 Å². The summed E-state index contributed by atoms with van der Waals surface area (Å²) < 4.78 is 0. The average molecular weight is 488 g/mol. The van der Waals surface area contributed by atoms with Crippen molar-refractivity contribution < 1.29 is 19.4 Å². The van der Waals surface area contributed by atoms with Crippen molar-refractivity contribution >= 4 is 35.6 Å². The van der Waals surface area contributed by atoms with Gasteiger partial charge >= 0.3 is 0 Å². The van der Waals surface area contributed by atoms with Gasteiger partial charge in [0, 0.05) is 35.4 Å². The number of benzene rings is 3. The van der Waals surface area contributed by atoms with Crippen LogP contribution in [0.4, 0.5) is 11.4 Å². The van der Waals surface area contributed by atoms with Crippen molar-refractivity contribution in [3.8, 4) is 0 Å². The minimum atomic E-state index is -1.21. The highest BCUT2D eigenvalue weighted by Gasteiger charge is 2.27. The summed E-state index contributed by atoms with van der Waals surface area (Å²) in [6, 6.07) is 20.2. The number of amides is 2. The second-order valence-corrected chi connectivity index (χ2v) is 7.42. The minimum Gasteiger partial charge on any atom is -0.272 e. The van der Waals surface area contributed by atoms with Crippen LogP contribution in [-0.2, 0) is 16.0 Å². The van der Waals surface area contributed by atoms with E-state index < -0.39 is 27.6 Å². The third-order valence-electron chi connectivity index (χ3n) is 4.85. The maximum atomic E-state index is 12.8. The summed E-state index contributed by atoms with van der Waals surface area (Å²) in [6.07, 6.45) is 2.50. The number of hydrogen-bond acceptors (Lipinski definition) is 8. The lowest BCUT2D eigenvalue weighted by molar-refractivity contribution is -0.385. The summed E-state index contributed by atoms with van der Waals surface area (Å²) in [7, 11) is 0. The molecule has 12 heteroatoms. The number of nitrogens with zero attached hydrogens (tertiary/aromatic N) is 4. The Morgan fingerprint density at radius 2 is 1.22 bits per heavy atom. The third kappa shape index (κ3) is 7.38. The molecule has 36 heavy (non-hydrogen) atoms. The molecule has 0 heterocycles. The highest BCUT2D eigenvalue weighted by atomic mass is 16.6. The first kappa shape index (κ1) is 25.4. The largest absolute Gasteiger partial charge is 0.272 e. The van der Waals surface area contributed by atoms with E-state index in [9.17, 15) is 29.8 Å². The van der Waals surface area contributed by atoms with Crippen LogP contribution in [0.3, 0.4) is 0 Å². The van der Waals surface area contributed by atoms with Crippen LogP contribution in [0.15, 0.2) is 89.1 Å². The smallest absolute Gasteiger partial charge is 0.270 e. The molecule has 3 rings (SSSR count). The predicted octanol–water partition coefficient (Wildman–Crippen LogP) is 2.96. The molecule has 0 fully saturated rings. The molecule has 0 aliphatic carbocycles. The number of carbonyl (C=O) groups excluding carboxylic acids is 2. The van der Waals surface area contributed by atoms with Crippen LogP contribution >= 0.6 is 0 Å². The second-order valence-electron chi connectivity index (χ2n) is 7.42. The fourth-order valence-corrected chi connectivity index (χ4v) is 3.09. The molecule has 182 valence electrons. The number of nitrogens with one attached hydrogen (secondary N) is 2.